The molecule has 28 heavy (non-hydrogen) atoms. The van der Waals surface area contributed by atoms with Crippen LogP contribution in [0.5, 0.6) is 11.5 Å². The van der Waals surface area contributed by atoms with Gasteiger partial charge in [-0.25, -0.2) is 0 Å². The van der Waals surface area contributed by atoms with E-state index in [1.807, 2.05) is 13.0 Å². The van der Waals surface area contributed by atoms with Crippen molar-refractivity contribution in [2.45, 2.75) is 32.2 Å². The Morgan fingerprint density at radius 2 is 1.82 bits per heavy atom. The second-order valence-electron chi connectivity index (χ2n) is 7.40. The third-order valence-corrected chi connectivity index (χ3v) is 5.61. The minimum atomic E-state index is -0.186. The fourth-order valence-corrected chi connectivity index (χ4v) is 3.81. The molecule has 1 N–H and O–H groups in total. The molecule has 150 valence electrons. The number of rotatable bonds is 7. The lowest BCUT2D eigenvalue weighted by Crippen LogP contribution is -2.46. The molecule has 5 heteroatoms. The van der Waals surface area contributed by atoms with Gasteiger partial charge in [0.15, 0.2) is 0 Å². The van der Waals surface area contributed by atoms with Gasteiger partial charge in [-0.1, -0.05) is 30.3 Å². The van der Waals surface area contributed by atoms with Gasteiger partial charge in [-0.15, -0.1) is 0 Å². The Morgan fingerprint density at radius 3 is 2.46 bits per heavy atom. The number of benzene rings is 2. The van der Waals surface area contributed by atoms with E-state index in [4.69, 9.17) is 9.47 Å². The number of hydrogen-bond acceptors (Lipinski definition) is 4. The van der Waals surface area contributed by atoms with E-state index in [2.05, 4.69) is 40.5 Å². The molecular formula is C23H30N2O3. The molecule has 1 saturated heterocycles. The number of anilines is 1. The van der Waals surface area contributed by atoms with Gasteiger partial charge in [-0.3, -0.25) is 9.69 Å². The average Bonchev–Trinajstić information content (AvgIpc) is 2.74. The van der Waals surface area contributed by atoms with E-state index in [1.54, 1.807) is 26.4 Å². The van der Waals surface area contributed by atoms with Gasteiger partial charge in [-0.05, 0) is 62.9 Å². The molecule has 0 bridgehead atoms. The second-order valence-corrected chi connectivity index (χ2v) is 7.40. The van der Waals surface area contributed by atoms with Crippen LogP contribution >= 0.6 is 0 Å². The first-order chi connectivity index (χ1) is 13.6. The maximum absolute atomic E-state index is 12.8. The minimum Gasteiger partial charge on any atom is -0.497 e. The predicted octanol–water partition coefficient (Wildman–Crippen LogP) is 3.99. The van der Waals surface area contributed by atoms with Crippen molar-refractivity contribution in [1.82, 2.24) is 4.90 Å². The van der Waals surface area contributed by atoms with Crippen LogP contribution in [-0.4, -0.2) is 44.2 Å². The lowest BCUT2D eigenvalue weighted by molar-refractivity contribution is -0.121. The van der Waals surface area contributed by atoms with E-state index < -0.39 is 0 Å². The van der Waals surface area contributed by atoms with Crippen LogP contribution in [0.4, 0.5) is 5.69 Å². The van der Waals surface area contributed by atoms with Gasteiger partial charge in [-0.2, -0.15) is 0 Å². The SMILES string of the molecule is COc1ccc(OC)c(NC(=O)C(C)N2CCC(Cc3ccccc3)CC2)c1. The summed E-state index contributed by atoms with van der Waals surface area (Å²) in [4.78, 5) is 15.1. The van der Waals surface area contributed by atoms with Crippen LogP contribution in [0.2, 0.25) is 0 Å². The van der Waals surface area contributed by atoms with Crippen LogP contribution in [-0.2, 0) is 11.2 Å². The van der Waals surface area contributed by atoms with Crippen LogP contribution in [0.25, 0.3) is 0 Å². The highest BCUT2D eigenvalue weighted by Gasteiger charge is 2.27. The first-order valence-electron chi connectivity index (χ1n) is 9.91. The van der Waals surface area contributed by atoms with Crippen LogP contribution in [0.15, 0.2) is 48.5 Å². The van der Waals surface area contributed by atoms with Crippen LogP contribution in [0, 0.1) is 5.92 Å². The van der Waals surface area contributed by atoms with Gasteiger partial charge >= 0.3 is 0 Å². The highest BCUT2D eigenvalue weighted by molar-refractivity contribution is 5.96. The maximum atomic E-state index is 12.8. The van der Waals surface area contributed by atoms with E-state index >= 15 is 0 Å². The molecule has 2 aromatic carbocycles. The molecule has 1 atom stereocenters. The van der Waals surface area contributed by atoms with Gasteiger partial charge in [0.2, 0.25) is 5.91 Å². The first-order valence-corrected chi connectivity index (χ1v) is 9.91. The molecule has 1 heterocycles. The third-order valence-electron chi connectivity index (χ3n) is 5.61. The molecule has 1 aliphatic heterocycles. The summed E-state index contributed by atoms with van der Waals surface area (Å²) in [7, 11) is 3.20. The number of nitrogens with zero attached hydrogens (tertiary/aromatic N) is 1. The summed E-state index contributed by atoms with van der Waals surface area (Å²) in [6.07, 6.45) is 3.36. The Morgan fingerprint density at radius 1 is 1.11 bits per heavy atom. The molecule has 1 amide bonds. The zero-order valence-electron chi connectivity index (χ0n) is 17.0. The summed E-state index contributed by atoms with van der Waals surface area (Å²) < 4.78 is 10.6. The van der Waals surface area contributed by atoms with Crippen molar-refractivity contribution in [3.05, 3.63) is 54.1 Å². The summed E-state index contributed by atoms with van der Waals surface area (Å²) in [5.74, 6) is 1.98. The molecular weight excluding hydrogens is 352 g/mol. The molecule has 0 spiro atoms. The summed E-state index contributed by atoms with van der Waals surface area (Å²) in [5.41, 5.74) is 2.04. The van der Waals surface area contributed by atoms with Crippen molar-refractivity contribution in [1.29, 1.82) is 0 Å². The summed E-state index contributed by atoms with van der Waals surface area (Å²) in [6, 6.07) is 15.9. The smallest absolute Gasteiger partial charge is 0.241 e. The van der Waals surface area contributed by atoms with Gasteiger partial charge in [0.25, 0.3) is 0 Å². The monoisotopic (exact) mass is 382 g/mol. The average molecular weight is 383 g/mol. The number of piperidine rings is 1. The zero-order valence-corrected chi connectivity index (χ0v) is 17.0. The minimum absolute atomic E-state index is 0.0203. The van der Waals surface area contributed by atoms with Crippen molar-refractivity contribution in [3.63, 3.8) is 0 Å². The second kappa shape index (κ2) is 9.60. The summed E-state index contributed by atoms with van der Waals surface area (Å²) in [5, 5.41) is 3.00. The fourth-order valence-electron chi connectivity index (χ4n) is 3.81. The lowest BCUT2D eigenvalue weighted by atomic mass is 9.89. The molecule has 1 unspecified atom stereocenters. The number of methoxy groups -OCH3 is 2. The Balaban J connectivity index is 1.55. The maximum Gasteiger partial charge on any atom is 0.241 e. The zero-order chi connectivity index (χ0) is 19.9. The Kier molecular flexibility index (Phi) is 6.93. The number of hydrogen-bond donors (Lipinski definition) is 1. The standard InChI is InChI=1S/C23H30N2O3/c1-17(23(26)24-21-16-20(27-2)9-10-22(21)28-3)25-13-11-19(12-14-25)15-18-7-5-4-6-8-18/h4-10,16-17,19H,11-15H2,1-3H3,(H,24,26). The number of amides is 1. The van der Waals surface area contributed by atoms with Crippen molar-refractivity contribution >= 4 is 11.6 Å². The highest BCUT2D eigenvalue weighted by atomic mass is 16.5. The Hall–Kier alpha value is -2.53. The summed E-state index contributed by atoms with van der Waals surface area (Å²) >= 11 is 0. The third kappa shape index (κ3) is 5.04. The van der Waals surface area contributed by atoms with Crippen molar-refractivity contribution in [2.24, 2.45) is 5.92 Å². The molecule has 5 nitrogen and oxygen atoms in total. The lowest BCUT2D eigenvalue weighted by Gasteiger charge is -2.35. The summed E-state index contributed by atoms with van der Waals surface area (Å²) in [6.45, 7) is 3.86. The van der Waals surface area contributed by atoms with E-state index in [-0.39, 0.29) is 11.9 Å². The molecule has 0 saturated carbocycles. The van der Waals surface area contributed by atoms with Gasteiger partial charge < -0.3 is 14.8 Å². The number of nitrogens with one attached hydrogen (secondary N) is 1. The largest absolute Gasteiger partial charge is 0.497 e. The first kappa shape index (κ1) is 20.2. The molecule has 1 aliphatic rings. The predicted molar refractivity (Wildman–Crippen MR) is 112 cm³/mol. The fraction of sp³-hybridized carbons (Fsp3) is 0.435. The molecule has 2 aromatic rings. The normalized spacial score (nSPS) is 16.4. The van der Waals surface area contributed by atoms with E-state index in [9.17, 15) is 4.79 Å². The van der Waals surface area contributed by atoms with Gasteiger partial charge in [0.05, 0.1) is 25.9 Å². The van der Waals surface area contributed by atoms with Crippen molar-refractivity contribution in [3.8, 4) is 11.5 Å². The Bertz CT molecular complexity index is 771. The van der Waals surface area contributed by atoms with Crippen LogP contribution < -0.4 is 14.8 Å². The molecule has 3 rings (SSSR count). The number of likely N-dealkylation sites (tertiary alicyclic amines) is 1. The number of carbonyl (C=O) groups is 1. The molecule has 0 radical (unpaired) electrons. The van der Waals surface area contributed by atoms with Crippen molar-refractivity contribution < 1.29 is 14.3 Å². The van der Waals surface area contributed by atoms with Crippen LogP contribution in [0.1, 0.15) is 25.3 Å². The van der Waals surface area contributed by atoms with Crippen molar-refractivity contribution in [2.75, 3.05) is 32.6 Å². The molecule has 1 fully saturated rings. The van der Waals surface area contributed by atoms with E-state index in [0.717, 1.165) is 32.4 Å². The number of ether oxygens (including phenoxy) is 2. The van der Waals surface area contributed by atoms with Crippen LogP contribution in [0.3, 0.4) is 0 Å². The number of carbonyl (C=O) groups excluding carboxylic acids is 1. The van der Waals surface area contributed by atoms with E-state index in [0.29, 0.717) is 23.1 Å². The topological polar surface area (TPSA) is 50.8 Å². The highest BCUT2D eigenvalue weighted by Crippen LogP contribution is 2.29. The van der Waals surface area contributed by atoms with Gasteiger partial charge in [0, 0.05) is 6.07 Å². The van der Waals surface area contributed by atoms with Gasteiger partial charge in [0.1, 0.15) is 11.5 Å². The van der Waals surface area contributed by atoms with E-state index in [1.165, 1.54) is 5.56 Å². The quantitative estimate of drug-likeness (QED) is 0.787. The molecule has 0 aliphatic carbocycles. The molecule has 0 aromatic heterocycles. The Labute approximate surface area is 167 Å².